The summed E-state index contributed by atoms with van der Waals surface area (Å²) in [4.78, 5) is 20.9. The minimum Gasteiger partial charge on any atom is -0.464 e. The van der Waals surface area contributed by atoms with Crippen LogP contribution in [-0.4, -0.2) is 29.8 Å². The fourth-order valence-corrected chi connectivity index (χ4v) is 1.60. The molecule has 1 aliphatic carbocycles. The van der Waals surface area contributed by atoms with Crippen molar-refractivity contribution in [3.05, 3.63) is 0 Å². The third kappa shape index (κ3) is 5.32. The average molecular weight is 252 g/mol. The summed E-state index contributed by atoms with van der Waals surface area (Å²) >= 11 is 0. The van der Waals surface area contributed by atoms with E-state index in [0.29, 0.717) is 12.8 Å². The quantitative estimate of drug-likeness (QED) is 0.653. The van der Waals surface area contributed by atoms with Crippen LogP contribution in [0.4, 0.5) is 18.4 Å². The van der Waals surface area contributed by atoms with Gasteiger partial charge < -0.3 is 9.84 Å². The highest BCUT2D eigenvalue weighted by molar-refractivity contribution is 5.72. The second-order valence-corrected chi connectivity index (χ2v) is 3.95. The molecule has 0 aliphatic heterocycles. The monoisotopic (exact) mass is 252 g/mol. The van der Waals surface area contributed by atoms with Crippen molar-refractivity contribution < 1.29 is 28.2 Å². The van der Waals surface area contributed by atoms with E-state index in [1.165, 1.54) is 0 Å². The molecule has 17 heavy (non-hydrogen) atoms. The van der Waals surface area contributed by atoms with Gasteiger partial charge in [0.15, 0.2) is 0 Å². The van der Waals surface area contributed by atoms with Crippen LogP contribution in [0.2, 0.25) is 0 Å². The standard InChI is InChI=1S/C9H14F2N2O4/c10-9(11)3-1-6(2-4-9)5-17-8(16)13-12-7(14)15/h6,12H,1-5H2,(H,13,16)(H,14,15). The molecule has 1 fully saturated rings. The first-order valence-corrected chi connectivity index (χ1v) is 5.18. The number of rotatable bonds is 2. The molecule has 0 aromatic heterocycles. The molecule has 0 saturated heterocycles. The number of hydrogen-bond donors (Lipinski definition) is 3. The highest BCUT2D eigenvalue weighted by atomic mass is 19.3. The van der Waals surface area contributed by atoms with Crippen molar-refractivity contribution >= 4 is 12.2 Å². The Bertz CT molecular complexity index is 289. The van der Waals surface area contributed by atoms with Crippen LogP contribution in [0.15, 0.2) is 0 Å². The van der Waals surface area contributed by atoms with Crippen LogP contribution in [0, 0.1) is 5.92 Å². The van der Waals surface area contributed by atoms with Crippen LogP contribution >= 0.6 is 0 Å². The van der Waals surface area contributed by atoms with Crippen molar-refractivity contribution in [3.8, 4) is 0 Å². The summed E-state index contributed by atoms with van der Waals surface area (Å²) in [5.74, 6) is -2.70. The van der Waals surface area contributed by atoms with Crippen LogP contribution in [0.5, 0.6) is 0 Å². The van der Waals surface area contributed by atoms with Crippen LogP contribution in [0.25, 0.3) is 0 Å². The summed E-state index contributed by atoms with van der Waals surface area (Å²) in [6, 6.07) is 0. The molecule has 0 spiro atoms. The maximum Gasteiger partial charge on any atom is 0.426 e. The Kier molecular flexibility index (Phi) is 4.47. The lowest BCUT2D eigenvalue weighted by atomic mass is 9.87. The highest BCUT2D eigenvalue weighted by Crippen LogP contribution is 2.36. The largest absolute Gasteiger partial charge is 0.464 e. The predicted molar refractivity (Wildman–Crippen MR) is 52.5 cm³/mol. The lowest BCUT2D eigenvalue weighted by Crippen LogP contribution is -2.41. The first kappa shape index (κ1) is 13.5. The molecule has 0 unspecified atom stereocenters. The summed E-state index contributed by atoms with van der Waals surface area (Å²) in [6.45, 7) is 0.0171. The number of carboxylic acid groups (broad SMARTS) is 1. The zero-order chi connectivity index (χ0) is 12.9. The molecule has 98 valence electrons. The number of amides is 2. The number of alkyl halides is 2. The van der Waals surface area contributed by atoms with Gasteiger partial charge >= 0.3 is 12.2 Å². The second-order valence-electron chi connectivity index (χ2n) is 3.95. The Morgan fingerprint density at radius 1 is 1.29 bits per heavy atom. The minimum absolute atomic E-state index is 0.0171. The van der Waals surface area contributed by atoms with Gasteiger partial charge in [0, 0.05) is 12.8 Å². The van der Waals surface area contributed by atoms with Crippen molar-refractivity contribution in [2.24, 2.45) is 5.92 Å². The van der Waals surface area contributed by atoms with E-state index in [2.05, 4.69) is 4.74 Å². The van der Waals surface area contributed by atoms with Crippen LogP contribution in [-0.2, 0) is 4.74 Å². The SMILES string of the molecule is O=C(O)NNC(=O)OCC1CCC(F)(F)CC1. The molecule has 1 saturated carbocycles. The van der Waals surface area contributed by atoms with Crippen LogP contribution in [0.3, 0.4) is 0 Å². The topological polar surface area (TPSA) is 87.7 Å². The van der Waals surface area contributed by atoms with Gasteiger partial charge in [-0.3, -0.25) is 0 Å². The van der Waals surface area contributed by atoms with Crippen molar-refractivity contribution in [1.82, 2.24) is 10.9 Å². The number of hydrazine groups is 1. The van der Waals surface area contributed by atoms with E-state index in [-0.39, 0.29) is 25.4 Å². The van der Waals surface area contributed by atoms with Crippen LogP contribution in [0.1, 0.15) is 25.7 Å². The van der Waals surface area contributed by atoms with E-state index < -0.39 is 18.1 Å². The van der Waals surface area contributed by atoms with E-state index >= 15 is 0 Å². The molecule has 2 amide bonds. The first-order chi connectivity index (χ1) is 7.89. The summed E-state index contributed by atoms with van der Waals surface area (Å²) in [7, 11) is 0. The fourth-order valence-electron chi connectivity index (χ4n) is 1.60. The highest BCUT2D eigenvalue weighted by Gasteiger charge is 2.35. The summed E-state index contributed by atoms with van der Waals surface area (Å²) in [6.07, 6.45) is -2.16. The van der Waals surface area contributed by atoms with Crippen molar-refractivity contribution in [2.75, 3.05) is 6.61 Å². The van der Waals surface area contributed by atoms with E-state index in [1.807, 2.05) is 0 Å². The normalized spacial score (nSPS) is 19.4. The van der Waals surface area contributed by atoms with E-state index in [4.69, 9.17) is 5.11 Å². The van der Waals surface area contributed by atoms with Gasteiger partial charge in [-0.05, 0) is 18.8 Å². The molecular formula is C9H14F2N2O4. The number of nitrogens with one attached hydrogen (secondary N) is 2. The van der Waals surface area contributed by atoms with Gasteiger partial charge in [-0.1, -0.05) is 0 Å². The third-order valence-electron chi connectivity index (χ3n) is 2.56. The lowest BCUT2D eigenvalue weighted by molar-refractivity contribution is -0.0517. The number of ether oxygens (including phenoxy) is 1. The molecule has 0 bridgehead atoms. The molecule has 0 aromatic rings. The molecule has 1 rings (SSSR count). The maximum absolute atomic E-state index is 12.8. The number of carbonyl (C=O) groups excluding carboxylic acids is 1. The number of halogens is 2. The van der Waals surface area contributed by atoms with E-state index in [9.17, 15) is 18.4 Å². The van der Waals surface area contributed by atoms with Gasteiger partial charge in [0.05, 0.1) is 6.61 Å². The predicted octanol–water partition coefficient (Wildman–Crippen LogP) is 1.72. The Morgan fingerprint density at radius 2 is 1.88 bits per heavy atom. The van der Waals surface area contributed by atoms with E-state index in [1.54, 1.807) is 10.9 Å². The van der Waals surface area contributed by atoms with Gasteiger partial charge in [0.2, 0.25) is 5.92 Å². The van der Waals surface area contributed by atoms with Crippen molar-refractivity contribution in [2.45, 2.75) is 31.6 Å². The summed E-state index contributed by atoms with van der Waals surface area (Å²) in [5.41, 5.74) is 3.40. The molecule has 1 aliphatic rings. The van der Waals surface area contributed by atoms with Crippen LogP contribution < -0.4 is 10.9 Å². The Labute approximate surface area is 96.3 Å². The van der Waals surface area contributed by atoms with Gasteiger partial charge in [0.25, 0.3) is 0 Å². The maximum atomic E-state index is 12.8. The zero-order valence-electron chi connectivity index (χ0n) is 9.04. The molecule has 6 nitrogen and oxygen atoms in total. The molecule has 0 aromatic carbocycles. The number of hydrogen-bond acceptors (Lipinski definition) is 3. The molecule has 0 atom stereocenters. The molecular weight excluding hydrogens is 238 g/mol. The third-order valence-corrected chi connectivity index (χ3v) is 2.56. The molecule has 0 heterocycles. The Morgan fingerprint density at radius 3 is 2.41 bits per heavy atom. The first-order valence-electron chi connectivity index (χ1n) is 5.18. The van der Waals surface area contributed by atoms with Gasteiger partial charge in [-0.25, -0.2) is 29.2 Å². The Hall–Kier alpha value is -1.60. The lowest BCUT2D eigenvalue weighted by Gasteiger charge is -2.27. The van der Waals surface area contributed by atoms with E-state index in [0.717, 1.165) is 0 Å². The number of carbonyl (C=O) groups is 2. The molecule has 3 N–H and O–H groups in total. The molecule has 0 radical (unpaired) electrons. The van der Waals surface area contributed by atoms with Crippen molar-refractivity contribution in [1.29, 1.82) is 0 Å². The molecule has 8 heteroatoms. The average Bonchev–Trinajstić information content (AvgIpc) is 2.25. The smallest absolute Gasteiger partial charge is 0.426 e. The van der Waals surface area contributed by atoms with Gasteiger partial charge in [-0.2, -0.15) is 0 Å². The minimum atomic E-state index is -2.61. The van der Waals surface area contributed by atoms with Gasteiger partial charge in [-0.15, -0.1) is 0 Å². The summed E-state index contributed by atoms with van der Waals surface area (Å²) in [5, 5.41) is 8.17. The van der Waals surface area contributed by atoms with Gasteiger partial charge in [0.1, 0.15) is 0 Å². The summed E-state index contributed by atoms with van der Waals surface area (Å²) < 4.78 is 30.3. The van der Waals surface area contributed by atoms with Crippen molar-refractivity contribution in [3.63, 3.8) is 0 Å². The second kappa shape index (κ2) is 5.65. The Balaban J connectivity index is 2.15. The zero-order valence-corrected chi connectivity index (χ0v) is 9.04. The fraction of sp³-hybridized carbons (Fsp3) is 0.778.